The summed E-state index contributed by atoms with van der Waals surface area (Å²) in [5.41, 5.74) is 2.69. The molecule has 2 aromatic rings. The van der Waals surface area contributed by atoms with Gasteiger partial charge in [0.05, 0.1) is 5.69 Å². The molecule has 1 saturated heterocycles. The molecule has 0 bridgehead atoms. The number of aromatic amines is 1. The van der Waals surface area contributed by atoms with E-state index in [1.807, 2.05) is 32.0 Å². The number of imide groups is 1. The van der Waals surface area contributed by atoms with Crippen LogP contribution in [0.5, 0.6) is 0 Å². The fourth-order valence-corrected chi connectivity index (χ4v) is 3.35. The third kappa shape index (κ3) is 2.69. The summed E-state index contributed by atoms with van der Waals surface area (Å²) in [5, 5.41) is 6.53. The number of hydrogen-bond acceptors (Lipinski definition) is 5. The van der Waals surface area contributed by atoms with Crippen LogP contribution in [0.2, 0.25) is 0 Å². The fourth-order valence-electron chi connectivity index (χ4n) is 2.43. The largest absolute Gasteiger partial charge is 0.274 e. The number of rotatable bonds is 3. The standard InChI is InChI=1S/C14H14N4O2S/c1-8-3-9(2)5-10(4-8)18-12(19)6-11(13(18)20)21-14-15-7-16-17-14/h3-5,7,11H,6H2,1-2H3,(H,15,16,17)/t11-/m0/s1. The zero-order valence-electron chi connectivity index (χ0n) is 11.7. The van der Waals surface area contributed by atoms with Gasteiger partial charge in [0.15, 0.2) is 5.16 Å². The average Bonchev–Trinajstić information content (AvgIpc) is 2.98. The van der Waals surface area contributed by atoms with Crippen molar-refractivity contribution in [2.24, 2.45) is 0 Å². The molecule has 1 fully saturated rings. The first-order valence-electron chi connectivity index (χ1n) is 6.52. The van der Waals surface area contributed by atoms with Gasteiger partial charge in [-0.1, -0.05) is 17.8 Å². The van der Waals surface area contributed by atoms with Crippen LogP contribution in [-0.2, 0) is 9.59 Å². The van der Waals surface area contributed by atoms with Crippen LogP contribution >= 0.6 is 11.8 Å². The maximum Gasteiger partial charge on any atom is 0.247 e. The van der Waals surface area contributed by atoms with Crippen molar-refractivity contribution in [2.75, 3.05) is 4.90 Å². The SMILES string of the molecule is Cc1cc(C)cc(N2C(=O)C[C@H](Sc3ncn[nH]3)C2=O)c1. The van der Waals surface area contributed by atoms with E-state index in [-0.39, 0.29) is 18.2 Å². The van der Waals surface area contributed by atoms with E-state index in [2.05, 4.69) is 15.2 Å². The molecule has 2 amide bonds. The van der Waals surface area contributed by atoms with Crippen molar-refractivity contribution in [3.63, 3.8) is 0 Å². The molecule has 2 heterocycles. The number of carbonyl (C=O) groups excluding carboxylic acids is 2. The van der Waals surface area contributed by atoms with Crippen LogP contribution in [0.1, 0.15) is 17.5 Å². The second-order valence-corrected chi connectivity index (χ2v) is 6.21. The highest BCUT2D eigenvalue weighted by atomic mass is 32.2. The van der Waals surface area contributed by atoms with Gasteiger partial charge in [0.25, 0.3) is 0 Å². The predicted molar refractivity (Wildman–Crippen MR) is 79.1 cm³/mol. The van der Waals surface area contributed by atoms with Gasteiger partial charge in [0.2, 0.25) is 11.8 Å². The maximum atomic E-state index is 12.5. The van der Waals surface area contributed by atoms with Gasteiger partial charge in [0.1, 0.15) is 11.6 Å². The number of H-pyrrole nitrogens is 1. The van der Waals surface area contributed by atoms with Gasteiger partial charge in [0, 0.05) is 6.42 Å². The van der Waals surface area contributed by atoms with E-state index >= 15 is 0 Å². The molecule has 0 saturated carbocycles. The highest BCUT2D eigenvalue weighted by Gasteiger charge is 2.40. The van der Waals surface area contributed by atoms with E-state index in [4.69, 9.17) is 0 Å². The summed E-state index contributed by atoms with van der Waals surface area (Å²) in [6.07, 6.45) is 1.56. The Morgan fingerprint density at radius 1 is 1.24 bits per heavy atom. The van der Waals surface area contributed by atoms with E-state index in [0.717, 1.165) is 11.1 Å². The number of amides is 2. The number of aromatic nitrogens is 3. The summed E-state index contributed by atoms with van der Waals surface area (Å²) in [4.78, 5) is 29.9. The van der Waals surface area contributed by atoms with E-state index in [0.29, 0.717) is 10.8 Å². The lowest BCUT2D eigenvalue weighted by Gasteiger charge is -2.16. The fraction of sp³-hybridized carbons (Fsp3) is 0.286. The number of nitrogens with zero attached hydrogens (tertiary/aromatic N) is 3. The second kappa shape index (κ2) is 5.33. The molecular weight excluding hydrogens is 288 g/mol. The zero-order valence-corrected chi connectivity index (χ0v) is 12.5. The highest BCUT2D eigenvalue weighted by Crippen LogP contribution is 2.32. The molecule has 1 aromatic carbocycles. The molecule has 0 unspecified atom stereocenters. The molecule has 3 rings (SSSR count). The monoisotopic (exact) mass is 302 g/mol. The molecule has 1 aliphatic rings. The Morgan fingerprint density at radius 3 is 2.57 bits per heavy atom. The highest BCUT2D eigenvalue weighted by molar-refractivity contribution is 8.00. The van der Waals surface area contributed by atoms with Gasteiger partial charge < -0.3 is 0 Å². The van der Waals surface area contributed by atoms with Gasteiger partial charge in [-0.3, -0.25) is 14.7 Å². The number of hydrogen-bond donors (Lipinski definition) is 1. The quantitative estimate of drug-likeness (QED) is 0.875. The molecular formula is C14H14N4O2S. The molecule has 108 valence electrons. The summed E-state index contributed by atoms with van der Waals surface area (Å²) >= 11 is 1.24. The van der Waals surface area contributed by atoms with Crippen LogP contribution in [0.15, 0.2) is 29.7 Å². The molecule has 6 nitrogen and oxygen atoms in total. The van der Waals surface area contributed by atoms with Gasteiger partial charge in [-0.15, -0.1) is 0 Å². The average molecular weight is 302 g/mol. The lowest BCUT2D eigenvalue weighted by molar-refractivity contribution is -0.121. The van der Waals surface area contributed by atoms with Crippen molar-refractivity contribution in [3.05, 3.63) is 35.7 Å². The normalized spacial score (nSPS) is 18.6. The number of aryl methyl sites for hydroxylation is 2. The van der Waals surface area contributed by atoms with Crippen LogP contribution in [0, 0.1) is 13.8 Å². The van der Waals surface area contributed by atoms with Crippen molar-refractivity contribution in [3.8, 4) is 0 Å². The van der Waals surface area contributed by atoms with Gasteiger partial charge in [-0.25, -0.2) is 9.88 Å². The third-order valence-corrected chi connectivity index (χ3v) is 4.29. The first kappa shape index (κ1) is 13.8. The molecule has 0 aliphatic carbocycles. The van der Waals surface area contributed by atoms with Crippen molar-refractivity contribution in [1.29, 1.82) is 0 Å². The summed E-state index contributed by atoms with van der Waals surface area (Å²) in [5.74, 6) is -0.381. The Balaban J connectivity index is 1.86. The van der Waals surface area contributed by atoms with E-state index in [1.54, 1.807) is 0 Å². The Labute approximate surface area is 125 Å². The number of anilines is 1. The van der Waals surface area contributed by atoms with Crippen LogP contribution in [0.3, 0.4) is 0 Å². The van der Waals surface area contributed by atoms with Crippen LogP contribution in [0.4, 0.5) is 5.69 Å². The summed E-state index contributed by atoms with van der Waals surface area (Å²) in [6, 6.07) is 5.71. The van der Waals surface area contributed by atoms with Gasteiger partial charge in [-0.05, 0) is 37.1 Å². The lowest BCUT2D eigenvalue weighted by Crippen LogP contribution is -2.31. The topological polar surface area (TPSA) is 79.0 Å². The van der Waals surface area contributed by atoms with Crippen molar-refractivity contribution < 1.29 is 9.59 Å². The van der Waals surface area contributed by atoms with Crippen molar-refractivity contribution >= 4 is 29.3 Å². The van der Waals surface area contributed by atoms with E-state index < -0.39 is 5.25 Å². The summed E-state index contributed by atoms with van der Waals surface area (Å²) in [7, 11) is 0. The second-order valence-electron chi connectivity index (χ2n) is 5.01. The molecule has 0 radical (unpaired) electrons. The summed E-state index contributed by atoms with van der Waals surface area (Å²) in [6.45, 7) is 3.89. The molecule has 1 aromatic heterocycles. The van der Waals surface area contributed by atoms with Gasteiger partial charge >= 0.3 is 0 Å². The Hall–Kier alpha value is -2.15. The Kier molecular flexibility index (Phi) is 3.50. The third-order valence-electron chi connectivity index (χ3n) is 3.22. The molecule has 0 spiro atoms. The minimum Gasteiger partial charge on any atom is -0.274 e. The summed E-state index contributed by atoms with van der Waals surface area (Å²) < 4.78 is 0. The maximum absolute atomic E-state index is 12.5. The minimum atomic E-state index is -0.453. The van der Waals surface area contributed by atoms with E-state index in [9.17, 15) is 9.59 Å². The van der Waals surface area contributed by atoms with Gasteiger partial charge in [-0.2, -0.15) is 5.10 Å². The molecule has 7 heteroatoms. The number of benzene rings is 1. The number of nitrogens with one attached hydrogen (secondary N) is 1. The molecule has 1 atom stereocenters. The predicted octanol–water partition coefficient (Wildman–Crippen LogP) is 1.85. The lowest BCUT2D eigenvalue weighted by atomic mass is 10.1. The molecule has 21 heavy (non-hydrogen) atoms. The molecule has 1 N–H and O–H groups in total. The van der Waals surface area contributed by atoms with Crippen molar-refractivity contribution in [1.82, 2.24) is 15.2 Å². The zero-order chi connectivity index (χ0) is 15.0. The van der Waals surface area contributed by atoms with Crippen LogP contribution in [-0.4, -0.2) is 32.2 Å². The minimum absolute atomic E-state index is 0.178. The Morgan fingerprint density at radius 2 is 1.95 bits per heavy atom. The first-order chi connectivity index (χ1) is 10.0. The number of thioether (sulfide) groups is 1. The molecule has 1 aliphatic heterocycles. The van der Waals surface area contributed by atoms with Crippen LogP contribution in [0.25, 0.3) is 0 Å². The van der Waals surface area contributed by atoms with Crippen LogP contribution < -0.4 is 4.90 Å². The smallest absolute Gasteiger partial charge is 0.247 e. The first-order valence-corrected chi connectivity index (χ1v) is 7.39. The van der Waals surface area contributed by atoms with Crippen molar-refractivity contribution in [2.45, 2.75) is 30.7 Å². The Bertz CT molecular complexity index is 679. The number of carbonyl (C=O) groups is 2. The van der Waals surface area contributed by atoms with E-state index in [1.165, 1.54) is 23.0 Å².